The molecular formula is C43H56O6S2. The molecule has 2 aromatic carbocycles. The zero-order valence-corrected chi connectivity index (χ0v) is 31.7. The van der Waals surface area contributed by atoms with E-state index in [-0.39, 0.29) is 34.3 Å². The lowest BCUT2D eigenvalue weighted by atomic mass is 9.75. The van der Waals surface area contributed by atoms with Crippen molar-refractivity contribution in [2.45, 2.75) is 168 Å². The van der Waals surface area contributed by atoms with E-state index in [2.05, 4.69) is 12.1 Å². The van der Waals surface area contributed by atoms with Gasteiger partial charge in [-0.1, -0.05) is 57.1 Å². The number of hydrogen-bond acceptors (Lipinski definition) is 5. The first-order chi connectivity index (χ1) is 24.6. The van der Waals surface area contributed by atoms with Gasteiger partial charge in [-0.25, -0.2) is 0 Å². The first-order valence-electron chi connectivity index (χ1n) is 20.9. The molecule has 0 aromatic heterocycles. The molecule has 1 N–H and O–H groups in total. The molecule has 0 heterocycles. The van der Waals surface area contributed by atoms with Gasteiger partial charge in [0.1, 0.15) is 15.5 Å². The molecule has 2 aromatic rings. The third kappa shape index (κ3) is 5.86. The Hall–Kier alpha value is -1.90. The Morgan fingerprint density at radius 2 is 0.922 bits per heavy atom. The minimum atomic E-state index is -4.52. The highest BCUT2D eigenvalue weighted by Crippen LogP contribution is 2.60. The summed E-state index contributed by atoms with van der Waals surface area (Å²) in [5.41, 5.74) is 4.60. The second kappa shape index (κ2) is 12.6. The minimum Gasteiger partial charge on any atom is -0.379 e. The molecule has 0 aliphatic heterocycles. The molecule has 6 nitrogen and oxygen atoms in total. The zero-order chi connectivity index (χ0) is 34.6. The van der Waals surface area contributed by atoms with Crippen LogP contribution in [0.5, 0.6) is 5.75 Å². The second-order valence-corrected chi connectivity index (χ2v) is 21.6. The van der Waals surface area contributed by atoms with E-state index in [0.717, 1.165) is 87.2 Å². The van der Waals surface area contributed by atoms with Crippen molar-refractivity contribution in [2.75, 3.05) is 0 Å². The van der Waals surface area contributed by atoms with Gasteiger partial charge in [-0.05, 0) is 189 Å². The fraction of sp³-hybridized carbons (Fsp3) is 0.721. The molecule has 9 atom stereocenters. The molecule has 0 radical (unpaired) electrons. The van der Waals surface area contributed by atoms with Crippen molar-refractivity contribution in [1.82, 2.24) is 0 Å². The highest BCUT2D eigenvalue weighted by atomic mass is 32.2. The summed E-state index contributed by atoms with van der Waals surface area (Å²) < 4.78 is 73.9. The van der Waals surface area contributed by atoms with Crippen LogP contribution in [0.1, 0.15) is 186 Å². The molecule has 8 aliphatic carbocycles. The predicted octanol–water partition coefficient (Wildman–Crippen LogP) is 10.7. The molecule has 0 amide bonds. The standard InChI is InChI=1S/C43H56O6S2/c44-50(45,46)42-38(28-5-1-2-6-28)23-34(24-39(42)29-7-3-4-8-29)49-51(47,48)43-40(36-19-26-10-13-31(36)16-26)21-33(35-18-25-9-12-30(35)15-25)22-41(43)37-20-27-11-14-32(37)17-27/h21-32,35-37H,1-20H2,(H,44,45,46). The average Bonchev–Trinajstić information content (AvgIpc) is 3.95. The molecule has 8 fully saturated rings. The van der Waals surface area contributed by atoms with Gasteiger partial charge in [0.15, 0.2) is 0 Å². The molecule has 6 bridgehead atoms. The van der Waals surface area contributed by atoms with E-state index in [4.69, 9.17) is 4.18 Å². The zero-order valence-electron chi connectivity index (χ0n) is 30.1. The second-order valence-electron chi connectivity index (χ2n) is 18.8. The summed E-state index contributed by atoms with van der Waals surface area (Å²) in [4.78, 5) is 0.486. The van der Waals surface area contributed by atoms with Crippen molar-refractivity contribution in [2.24, 2.45) is 35.5 Å². The van der Waals surface area contributed by atoms with Crippen molar-refractivity contribution in [3.8, 4) is 5.75 Å². The van der Waals surface area contributed by atoms with Crippen LogP contribution in [0.4, 0.5) is 0 Å². The molecular weight excluding hydrogens is 677 g/mol. The SMILES string of the molecule is O=S(=O)(O)c1c(C2CCCC2)cc(OS(=O)(=O)c2c(C3CC4CCC3C4)cc(C3CC4CCC3C4)cc2C2CC3CCC2C3)cc1C1CCCC1. The molecule has 10 rings (SSSR count). The highest BCUT2D eigenvalue weighted by Gasteiger charge is 2.48. The Kier molecular flexibility index (Phi) is 8.30. The van der Waals surface area contributed by atoms with Crippen molar-refractivity contribution < 1.29 is 25.6 Å². The molecule has 0 saturated heterocycles. The van der Waals surface area contributed by atoms with Gasteiger partial charge >= 0.3 is 10.1 Å². The summed E-state index contributed by atoms with van der Waals surface area (Å²) in [7, 11) is -8.79. The first kappa shape index (κ1) is 33.7. The van der Waals surface area contributed by atoms with Gasteiger partial charge in [0.25, 0.3) is 10.1 Å². The predicted molar refractivity (Wildman–Crippen MR) is 197 cm³/mol. The molecule has 9 unspecified atom stereocenters. The van der Waals surface area contributed by atoms with E-state index < -0.39 is 20.2 Å². The van der Waals surface area contributed by atoms with Crippen LogP contribution in [0.2, 0.25) is 0 Å². The normalized spacial score (nSPS) is 36.3. The molecule has 51 heavy (non-hydrogen) atoms. The highest BCUT2D eigenvalue weighted by molar-refractivity contribution is 7.87. The third-order valence-electron chi connectivity index (χ3n) is 16.0. The Morgan fingerprint density at radius 3 is 1.29 bits per heavy atom. The van der Waals surface area contributed by atoms with Gasteiger partial charge < -0.3 is 4.18 Å². The van der Waals surface area contributed by atoms with Gasteiger partial charge in [-0.2, -0.15) is 16.8 Å². The maximum absolute atomic E-state index is 15.3. The third-order valence-corrected chi connectivity index (χ3v) is 18.4. The summed E-state index contributed by atoms with van der Waals surface area (Å²) in [6.07, 6.45) is 22.0. The van der Waals surface area contributed by atoms with Crippen LogP contribution in [-0.4, -0.2) is 21.4 Å². The van der Waals surface area contributed by atoms with Crippen LogP contribution in [0.15, 0.2) is 34.1 Å². The van der Waals surface area contributed by atoms with Crippen molar-refractivity contribution in [3.63, 3.8) is 0 Å². The van der Waals surface area contributed by atoms with Crippen LogP contribution in [-0.2, 0) is 20.2 Å². The summed E-state index contributed by atoms with van der Waals surface area (Å²) in [5, 5.41) is 0. The fourth-order valence-electron chi connectivity index (χ4n) is 13.9. The van der Waals surface area contributed by atoms with E-state index in [1.807, 2.05) is 0 Å². The van der Waals surface area contributed by atoms with E-state index in [1.54, 1.807) is 12.1 Å². The summed E-state index contributed by atoms with van der Waals surface area (Å²) in [6, 6.07) is 8.07. The molecule has 8 aliphatic rings. The van der Waals surface area contributed by atoms with E-state index >= 15 is 8.42 Å². The maximum atomic E-state index is 15.3. The largest absolute Gasteiger partial charge is 0.379 e. The van der Waals surface area contributed by atoms with Gasteiger partial charge in [0.2, 0.25) is 0 Å². The Bertz CT molecular complexity index is 1840. The average molecular weight is 733 g/mol. The summed E-state index contributed by atoms with van der Waals surface area (Å²) in [5.74, 6) is 5.15. The van der Waals surface area contributed by atoms with E-state index in [0.29, 0.717) is 45.6 Å². The van der Waals surface area contributed by atoms with Gasteiger partial charge in [-0.3, -0.25) is 4.55 Å². The lowest BCUT2D eigenvalue weighted by Gasteiger charge is -2.32. The monoisotopic (exact) mass is 732 g/mol. The number of rotatable bonds is 9. The van der Waals surface area contributed by atoms with Crippen LogP contribution in [0.25, 0.3) is 0 Å². The Morgan fingerprint density at radius 1 is 0.490 bits per heavy atom. The van der Waals surface area contributed by atoms with Crippen LogP contribution >= 0.6 is 0 Å². The van der Waals surface area contributed by atoms with Crippen LogP contribution in [0.3, 0.4) is 0 Å². The maximum Gasteiger partial charge on any atom is 0.339 e. The van der Waals surface area contributed by atoms with Crippen molar-refractivity contribution >= 4 is 20.2 Å². The van der Waals surface area contributed by atoms with Crippen LogP contribution in [0, 0.1) is 35.5 Å². The molecule has 8 saturated carbocycles. The summed E-state index contributed by atoms with van der Waals surface area (Å²) >= 11 is 0. The van der Waals surface area contributed by atoms with Crippen LogP contribution < -0.4 is 4.18 Å². The fourth-order valence-corrected chi connectivity index (χ4v) is 16.4. The lowest BCUT2D eigenvalue weighted by molar-refractivity contribution is 0.392. The smallest absolute Gasteiger partial charge is 0.339 e. The Labute approximate surface area is 305 Å². The first-order valence-corrected chi connectivity index (χ1v) is 23.7. The lowest BCUT2D eigenvalue weighted by Crippen LogP contribution is -2.23. The van der Waals surface area contributed by atoms with Crippen molar-refractivity contribution in [1.29, 1.82) is 0 Å². The number of hydrogen-bond donors (Lipinski definition) is 1. The van der Waals surface area contributed by atoms with E-state index in [1.165, 1.54) is 69.8 Å². The van der Waals surface area contributed by atoms with E-state index in [9.17, 15) is 13.0 Å². The summed E-state index contributed by atoms with van der Waals surface area (Å²) in [6.45, 7) is 0. The minimum absolute atomic E-state index is 0.0200. The van der Waals surface area contributed by atoms with Crippen molar-refractivity contribution in [3.05, 3.63) is 52.1 Å². The number of benzene rings is 2. The van der Waals surface area contributed by atoms with Gasteiger partial charge in [0, 0.05) is 0 Å². The molecule has 8 heteroatoms. The quantitative estimate of drug-likeness (QED) is 0.204. The number of fused-ring (bicyclic) bond motifs is 6. The molecule has 276 valence electrons. The molecule has 0 spiro atoms. The topological polar surface area (TPSA) is 97.7 Å². The Balaban J connectivity index is 1.13. The van der Waals surface area contributed by atoms with Gasteiger partial charge in [-0.15, -0.1) is 0 Å². The van der Waals surface area contributed by atoms with Gasteiger partial charge in [0.05, 0.1) is 0 Å².